The number of aromatic nitrogens is 3. The Labute approximate surface area is 78.8 Å². The van der Waals surface area contributed by atoms with E-state index >= 15 is 0 Å². The van der Waals surface area contributed by atoms with Gasteiger partial charge in [-0.05, 0) is 19.1 Å². The fourth-order valence-corrected chi connectivity index (χ4v) is 1.30. The van der Waals surface area contributed by atoms with Gasteiger partial charge in [0.25, 0.3) is 5.56 Å². The quantitative estimate of drug-likeness (QED) is 0.608. The van der Waals surface area contributed by atoms with Gasteiger partial charge in [-0.1, -0.05) is 0 Å². The first-order valence-electron chi connectivity index (χ1n) is 4.15. The molecule has 72 valence electrons. The maximum absolute atomic E-state index is 11.3. The van der Waals surface area contributed by atoms with Crippen LogP contribution in [0.1, 0.15) is 5.56 Å². The summed E-state index contributed by atoms with van der Waals surface area (Å²) in [6.45, 7) is 1.66. The summed E-state index contributed by atoms with van der Waals surface area (Å²) in [6.07, 6.45) is 1.73. The van der Waals surface area contributed by atoms with E-state index in [4.69, 9.17) is 0 Å². The predicted octanol–water partition coefficient (Wildman–Crippen LogP) is 0.367. The predicted molar refractivity (Wildman–Crippen MR) is 52.2 cm³/mol. The molecule has 0 saturated carbocycles. The summed E-state index contributed by atoms with van der Waals surface area (Å²) in [5.74, 6) is 0. The Morgan fingerprint density at radius 2 is 2.00 bits per heavy atom. The summed E-state index contributed by atoms with van der Waals surface area (Å²) < 4.78 is 0. The minimum atomic E-state index is -0.495. The molecule has 0 amide bonds. The van der Waals surface area contributed by atoms with E-state index in [9.17, 15) is 9.59 Å². The van der Waals surface area contributed by atoms with Crippen molar-refractivity contribution in [3.05, 3.63) is 44.7 Å². The van der Waals surface area contributed by atoms with Crippen molar-refractivity contribution in [1.82, 2.24) is 15.0 Å². The highest BCUT2D eigenvalue weighted by Gasteiger charge is 2.06. The van der Waals surface area contributed by atoms with Crippen molar-refractivity contribution in [2.24, 2.45) is 0 Å². The lowest BCUT2D eigenvalue weighted by atomic mass is 10.2. The minimum Gasteiger partial charge on any atom is -0.360 e. The summed E-state index contributed by atoms with van der Waals surface area (Å²) in [4.78, 5) is 30.0. The Hall–Kier alpha value is -2.04. The van der Waals surface area contributed by atoms with Crippen LogP contribution in [0.2, 0.25) is 0 Å². The first kappa shape index (κ1) is 8.55. The van der Waals surface area contributed by atoms with E-state index in [1.54, 1.807) is 25.3 Å². The maximum Gasteiger partial charge on any atom is 0.326 e. The van der Waals surface area contributed by atoms with Crippen LogP contribution >= 0.6 is 0 Å². The average Bonchev–Trinajstić information content (AvgIpc) is 2.63. The van der Waals surface area contributed by atoms with E-state index in [1.165, 1.54) is 0 Å². The van der Waals surface area contributed by atoms with Crippen molar-refractivity contribution >= 4 is 0 Å². The smallest absolute Gasteiger partial charge is 0.326 e. The highest BCUT2D eigenvalue weighted by Crippen LogP contribution is 2.13. The summed E-state index contributed by atoms with van der Waals surface area (Å²) >= 11 is 0. The zero-order valence-electron chi connectivity index (χ0n) is 7.55. The molecule has 0 bridgehead atoms. The van der Waals surface area contributed by atoms with Gasteiger partial charge in [0.2, 0.25) is 0 Å². The second-order valence-corrected chi connectivity index (χ2v) is 2.99. The molecule has 2 heterocycles. The van der Waals surface area contributed by atoms with Crippen molar-refractivity contribution in [2.45, 2.75) is 6.92 Å². The molecule has 2 aromatic rings. The molecular weight excluding hydrogens is 182 g/mol. The molecule has 0 aliphatic rings. The number of hydrogen-bond acceptors (Lipinski definition) is 2. The molecule has 0 aliphatic heterocycles. The molecule has 2 rings (SSSR count). The molecule has 14 heavy (non-hydrogen) atoms. The molecule has 3 N–H and O–H groups in total. The monoisotopic (exact) mass is 191 g/mol. The molecule has 0 fully saturated rings. The first-order valence-corrected chi connectivity index (χ1v) is 4.15. The lowest BCUT2D eigenvalue weighted by Crippen LogP contribution is -2.25. The number of aromatic amines is 3. The Balaban J connectivity index is 2.77. The van der Waals surface area contributed by atoms with E-state index in [0.29, 0.717) is 11.3 Å². The van der Waals surface area contributed by atoms with Crippen LogP contribution in [-0.2, 0) is 0 Å². The first-order chi connectivity index (χ1) is 6.68. The van der Waals surface area contributed by atoms with Crippen LogP contribution < -0.4 is 11.2 Å². The topological polar surface area (TPSA) is 81.5 Å². The molecule has 0 aliphatic carbocycles. The number of H-pyrrole nitrogens is 3. The molecule has 5 heteroatoms. The third-order valence-corrected chi connectivity index (χ3v) is 2.05. The Morgan fingerprint density at radius 1 is 1.21 bits per heavy atom. The van der Waals surface area contributed by atoms with E-state index in [0.717, 1.165) is 5.69 Å². The van der Waals surface area contributed by atoms with Crippen LogP contribution in [0.3, 0.4) is 0 Å². The SMILES string of the molecule is Cc1c(-c2ccc[nH]2)[nH]c(=O)[nH]c1=O. The van der Waals surface area contributed by atoms with Gasteiger partial charge < -0.3 is 9.97 Å². The van der Waals surface area contributed by atoms with Gasteiger partial charge in [-0.2, -0.15) is 0 Å². The second-order valence-electron chi connectivity index (χ2n) is 2.99. The molecule has 0 saturated heterocycles. The van der Waals surface area contributed by atoms with Crippen LogP contribution in [-0.4, -0.2) is 15.0 Å². The normalized spacial score (nSPS) is 10.4. The van der Waals surface area contributed by atoms with Crippen molar-refractivity contribution in [3.63, 3.8) is 0 Å². The van der Waals surface area contributed by atoms with Crippen molar-refractivity contribution in [2.75, 3.05) is 0 Å². The highest BCUT2D eigenvalue weighted by atomic mass is 16.2. The fourth-order valence-electron chi connectivity index (χ4n) is 1.30. The van der Waals surface area contributed by atoms with Crippen molar-refractivity contribution < 1.29 is 0 Å². The van der Waals surface area contributed by atoms with Crippen LogP contribution in [0.25, 0.3) is 11.4 Å². The summed E-state index contributed by atoms with van der Waals surface area (Å²) in [5.41, 5.74) is 0.894. The molecule has 0 atom stereocenters. The van der Waals surface area contributed by atoms with E-state index in [-0.39, 0.29) is 5.56 Å². The Morgan fingerprint density at radius 3 is 2.64 bits per heavy atom. The summed E-state index contributed by atoms with van der Waals surface area (Å²) in [7, 11) is 0. The molecule has 2 aromatic heterocycles. The van der Waals surface area contributed by atoms with Gasteiger partial charge in [0, 0.05) is 11.8 Å². The average molecular weight is 191 g/mol. The Kier molecular flexibility index (Phi) is 1.85. The van der Waals surface area contributed by atoms with E-state index < -0.39 is 5.69 Å². The Bertz CT molecular complexity index is 548. The molecule has 0 aromatic carbocycles. The van der Waals surface area contributed by atoms with Crippen molar-refractivity contribution in [3.8, 4) is 11.4 Å². The standard InChI is InChI=1S/C9H9N3O2/c1-5-7(6-3-2-4-10-6)11-9(14)12-8(5)13/h2-4,10H,1H3,(H2,11,12,13,14). The van der Waals surface area contributed by atoms with Crippen LogP contribution in [0, 0.1) is 6.92 Å². The van der Waals surface area contributed by atoms with E-state index in [1.807, 2.05) is 0 Å². The van der Waals surface area contributed by atoms with E-state index in [2.05, 4.69) is 15.0 Å². The molecular formula is C9H9N3O2. The van der Waals surface area contributed by atoms with Gasteiger partial charge in [-0.3, -0.25) is 9.78 Å². The molecule has 0 unspecified atom stereocenters. The molecule has 0 radical (unpaired) electrons. The van der Waals surface area contributed by atoms with Crippen LogP contribution in [0.15, 0.2) is 27.9 Å². The number of nitrogens with one attached hydrogen (secondary N) is 3. The van der Waals surface area contributed by atoms with Crippen molar-refractivity contribution in [1.29, 1.82) is 0 Å². The zero-order chi connectivity index (χ0) is 10.1. The summed E-state index contributed by atoms with van der Waals surface area (Å²) in [5, 5.41) is 0. The van der Waals surface area contributed by atoms with Crippen LogP contribution in [0.4, 0.5) is 0 Å². The molecule has 5 nitrogen and oxygen atoms in total. The fraction of sp³-hybridized carbons (Fsp3) is 0.111. The summed E-state index contributed by atoms with van der Waals surface area (Å²) in [6, 6.07) is 3.59. The molecule has 0 spiro atoms. The number of hydrogen-bond donors (Lipinski definition) is 3. The third kappa shape index (κ3) is 1.28. The maximum atomic E-state index is 11.3. The van der Waals surface area contributed by atoms with Gasteiger partial charge in [0.15, 0.2) is 0 Å². The van der Waals surface area contributed by atoms with Crippen LogP contribution in [0.5, 0.6) is 0 Å². The largest absolute Gasteiger partial charge is 0.360 e. The minimum absolute atomic E-state index is 0.363. The lowest BCUT2D eigenvalue weighted by molar-refractivity contribution is 1.01. The van der Waals surface area contributed by atoms with Gasteiger partial charge in [0.05, 0.1) is 11.4 Å². The van der Waals surface area contributed by atoms with Gasteiger partial charge >= 0.3 is 5.69 Å². The second kappa shape index (κ2) is 3.02. The third-order valence-electron chi connectivity index (χ3n) is 2.05. The number of rotatable bonds is 1. The van der Waals surface area contributed by atoms with Gasteiger partial charge in [0.1, 0.15) is 0 Å². The highest BCUT2D eigenvalue weighted by molar-refractivity contribution is 5.57. The van der Waals surface area contributed by atoms with Gasteiger partial charge in [-0.25, -0.2) is 4.79 Å². The lowest BCUT2D eigenvalue weighted by Gasteiger charge is -2.00. The van der Waals surface area contributed by atoms with Gasteiger partial charge in [-0.15, -0.1) is 0 Å². The zero-order valence-corrected chi connectivity index (χ0v) is 7.55.